The molecule has 0 saturated heterocycles. The molecule has 2 aromatic rings. The Balaban J connectivity index is 1.90. The first-order valence-electron chi connectivity index (χ1n) is 8.68. The van der Waals surface area contributed by atoms with E-state index in [1.807, 2.05) is 58.0 Å². The first-order valence-corrected chi connectivity index (χ1v) is 8.68. The Morgan fingerprint density at radius 3 is 2.32 bits per heavy atom. The van der Waals surface area contributed by atoms with E-state index < -0.39 is 0 Å². The smallest absolute Gasteiger partial charge is 0.234 e. The average Bonchev–Trinajstić information content (AvgIpc) is 2.97. The molecule has 1 aromatic heterocycles. The zero-order valence-electron chi connectivity index (χ0n) is 15.3. The SMILES string of the molecule is CCN(CC(=O)NC(C)C)CC(=O)N[C@@H](C)c1cc2ccccc2o1. The third kappa shape index (κ3) is 5.60. The van der Waals surface area contributed by atoms with E-state index in [2.05, 4.69) is 10.6 Å². The van der Waals surface area contributed by atoms with Gasteiger partial charge in [-0.25, -0.2) is 0 Å². The Labute approximate surface area is 148 Å². The topological polar surface area (TPSA) is 74.6 Å². The minimum absolute atomic E-state index is 0.0741. The van der Waals surface area contributed by atoms with Crippen LogP contribution in [0.1, 0.15) is 39.5 Å². The van der Waals surface area contributed by atoms with Crippen molar-refractivity contribution in [3.8, 4) is 0 Å². The summed E-state index contributed by atoms with van der Waals surface area (Å²) in [7, 11) is 0. The van der Waals surface area contributed by atoms with Gasteiger partial charge in [0.1, 0.15) is 11.3 Å². The first-order chi connectivity index (χ1) is 11.9. The van der Waals surface area contributed by atoms with Gasteiger partial charge in [0.2, 0.25) is 11.8 Å². The molecular formula is C19H27N3O3. The number of nitrogens with one attached hydrogen (secondary N) is 2. The van der Waals surface area contributed by atoms with Crippen LogP contribution in [0.4, 0.5) is 0 Å². The van der Waals surface area contributed by atoms with Gasteiger partial charge in [-0.05, 0) is 39.4 Å². The van der Waals surface area contributed by atoms with Crippen LogP contribution in [0, 0.1) is 0 Å². The molecule has 1 heterocycles. The number of carbonyl (C=O) groups is 2. The molecule has 0 bridgehead atoms. The van der Waals surface area contributed by atoms with Gasteiger partial charge in [-0.1, -0.05) is 25.1 Å². The van der Waals surface area contributed by atoms with Crippen LogP contribution < -0.4 is 10.6 Å². The van der Waals surface area contributed by atoms with Crippen molar-refractivity contribution in [2.75, 3.05) is 19.6 Å². The van der Waals surface area contributed by atoms with Gasteiger partial charge in [0, 0.05) is 11.4 Å². The molecule has 0 radical (unpaired) electrons. The molecule has 2 rings (SSSR count). The summed E-state index contributed by atoms with van der Waals surface area (Å²) in [6.45, 7) is 8.65. The number of hydrogen-bond acceptors (Lipinski definition) is 4. The molecule has 6 heteroatoms. The second kappa shape index (κ2) is 8.67. The second-order valence-electron chi connectivity index (χ2n) is 6.50. The summed E-state index contributed by atoms with van der Waals surface area (Å²) in [5.41, 5.74) is 0.805. The van der Waals surface area contributed by atoms with Crippen LogP contribution in [0.25, 0.3) is 11.0 Å². The van der Waals surface area contributed by atoms with Crippen LogP contribution in [-0.2, 0) is 9.59 Å². The maximum Gasteiger partial charge on any atom is 0.234 e. The Hall–Kier alpha value is -2.34. The van der Waals surface area contributed by atoms with Crippen molar-refractivity contribution in [3.63, 3.8) is 0 Å². The van der Waals surface area contributed by atoms with E-state index in [-0.39, 0.29) is 37.0 Å². The van der Waals surface area contributed by atoms with Crippen LogP contribution in [0.3, 0.4) is 0 Å². The van der Waals surface area contributed by atoms with Gasteiger partial charge >= 0.3 is 0 Å². The molecule has 25 heavy (non-hydrogen) atoms. The predicted molar refractivity (Wildman–Crippen MR) is 98.2 cm³/mol. The van der Waals surface area contributed by atoms with Crippen molar-refractivity contribution in [3.05, 3.63) is 36.1 Å². The molecule has 2 N–H and O–H groups in total. The number of hydrogen-bond donors (Lipinski definition) is 2. The average molecular weight is 345 g/mol. The zero-order chi connectivity index (χ0) is 18.4. The molecule has 1 aromatic carbocycles. The zero-order valence-corrected chi connectivity index (χ0v) is 15.3. The first kappa shape index (κ1) is 19.0. The second-order valence-corrected chi connectivity index (χ2v) is 6.50. The fourth-order valence-corrected chi connectivity index (χ4v) is 2.63. The molecule has 136 valence electrons. The molecular weight excluding hydrogens is 318 g/mol. The third-order valence-corrected chi connectivity index (χ3v) is 3.88. The number of fused-ring (bicyclic) bond motifs is 1. The van der Waals surface area contributed by atoms with E-state index in [1.165, 1.54) is 0 Å². The lowest BCUT2D eigenvalue weighted by Crippen LogP contribution is -2.44. The standard InChI is InChI=1S/C19H27N3O3/c1-5-22(11-18(23)20-13(2)3)12-19(24)21-14(4)17-10-15-8-6-7-9-16(15)25-17/h6-10,13-14H,5,11-12H2,1-4H3,(H,20,23)(H,21,24)/t14-/m0/s1. The van der Waals surface area contributed by atoms with Crippen LogP contribution in [-0.4, -0.2) is 42.4 Å². The quantitative estimate of drug-likeness (QED) is 0.771. The minimum Gasteiger partial charge on any atom is -0.459 e. The monoisotopic (exact) mass is 345 g/mol. The lowest BCUT2D eigenvalue weighted by Gasteiger charge is -2.21. The number of nitrogens with zero attached hydrogens (tertiary/aromatic N) is 1. The van der Waals surface area contributed by atoms with E-state index in [0.29, 0.717) is 6.54 Å². The number of benzene rings is 1. The molecule has 0 saturated carbocycles. The molecule has 0 unspecified atom stereocenters. The fraction of sp³-hybridized carbons (Fsp3) is 0.474. The number of rotatable bonds is 8. The summed E-state index contributed by atoms with van der Waals surface area (Å²) in [4.78, 5) is 25.9. The third-order valence-electron chi connectivity index (χ3n) is 3.88. The van der Waals surface area contributed by atoms with Gasteiger partial charge in [-0.3, -0.25) is 14.5 Å². The Morgan fingerprint density at radius 1 is 1.08 bits per heavy atom. The Kier molecular flexibility index (Phi) is 6.58. The number of amides is 2. The van der Waals surface area contributed by atoms with Crippen LogP contribution in [0.5, 0.6) is 0 Å². The highest BCUT2D eigenvalue weighted by atomic mass is 16.3. The molecule has 6 nitrogen and oxygen atoms in total. The number of furan rings is 1. The van der Waals surface area contributed by atoms with Gasteiger partial charge in [0.05, 0.1) is 19.1 Å². The Morgan fingerprint density at radius 2 is 1.72 bits per heavy atom. The highest BCUT2D eigenvalue weighted by Gasteiger charge is 2.17. The van der Waals surface area contributed by atoms with Crippen molar-refractivity contribution in [1.82, 2.24) is 15.5 Å². The van der Waals surface area contributed by atoms with E-state index >= 15 is 0 Å². The summed E-state index contributed by atoms with van der Waals surface area (Å²) in [6, 6.07) is 9.54. The van der Waals surface area contributed by atoms with Gasteiger partial charge in [-0.2, -0.15) is 0 Å². The van der Waals surface area contributed by atoms with Crippen molar-refractivity contribution in [2.45, 2.75) is 39.8 Å². The van der Waals surface area contributed by atoms with Gasteiger partial charge in [0.25, 0.3) is 0 Å². The van der Waals surface area contributed by atoms with E-state index in [0.717, 1.165) is 16.7 Å². The van der Waals surface area contributed by atoms with Gasteiger partial charge in [-0.15, -0.1) is 0 Å². The highest BCUT2D eigenvalue weighted by molar-refractivity contribution is 5.82. The summed E-state index contributed by atoms with van der Waals surface area (Å²) < 4.78 is 5.78. The number of para-hydroxylation sites is 1. The summed E-state index contributed by atoms with van der Waals surface area (Å²) in [6.07, 6.45) is 0. The molecule has 0 fully saturated rings. The van der Waals surface area contributed by atoms with E-state index in [4.69, 9.17) is 4.42 Å². The fourth-order valence-electron chi connectivity index (χ4n) is 2.63. The van der Waals surface area contributed by atoms with Gasteiger partial charge < -0.3 is 15.1 Å². The lowest BCUT2D eigenvalue weighted by atomic mass is 10.2. The summed E-state index contributed by atoms with van der Waals surface area (Å²) >= 11 is 0. The molecule has 0 aliphatic heterocycles. The van der Waals surface area contributed by atoms with E-state index in [1.54, 1.807) is 4.90 Å². The highest BCUT2D eigenvalue weighted by Crippen LogP contribution is 2.23. The van der Waals surface area contributed by atoms with Crippen molar-refractivity contribution in [2.24, 2.45) is 0 Å². The summed E-state index contributed by atoms with van der Waals surface area (Å²) in [5.74, 6) is 0.511. The van der Waals surface area contributed by atoms with Crippen LogP contribution in [0.2, 0.25) is 0 Å². The lowest BCUT2D eigenvalue weighted by molar-refractivity contribution is -0.125. The molecule has 0 aliphatic rings. The molecule has 1 atom stereocenters. The maximum absolute atomic E-state index is 12.3. The largest absolute Gasteiger partial charge is 0.459 e. The van der Waals surface area contributed by atoms with Crippen molar-refractivity contribution < 1.29 is 14.0 Å². The van der Waals surface area contributed by atoms with E-state index in [9.17, 15) is 9.59 Å². The van der Waals surface area contributed by atoms with Crippen molar-refractivity contribution in [1.29, 1.82) is 0 Å². The van der Waals surface area contributed by atoms with Crippen molar-refractivity contribution >= 4 is 22.8 Å². The van der Waals surface area contributed by atoms with Crippen LogP contribution in [0.15, 0.2) is 34.7 Å². The molecule has 0 aliphatic carbocycles. The normalized spacial score (nSPS) is 12.6. The van der Waals surface area contributed by atoms with Crippen LogP contribution >= 0.6 is 0 Å². The number of likely N-dealkylation sites (N-methyl/N-ethyl adjacent to an activating group) is 1. The summed E-state index contributed by atoms with van der Waals surface area (Å²) in [5, 5.41) is 6.78. The Bertz CT molecular complexity index is 691. The van der Waals surface area contributed by atoms with Gasteiger partial charge in [0.15, 0.2) is 0 Å². The molecule has 0 spiro atoms. The number of carbonyl (C=O) groups excluding carboxylic acids is 2. The molecule has 2 amide bonds. The maximum atomic E-state index is 12.3. The predicted octanol–water partition coefficient (Wildman–Crippen LogP) is 2.46. The minimum atomic E-state index is -0.233.